The highest BCUT2D eigenvalue weighted by Crippen LogP contribution is 2.58. The van der Waals surface area contributed by atoms with Crippen molar-refractivity contribution in [3.05, 3.63) is 71.3 Å². The van der Waals surface area contributed by atoms with Crippen molar-refractivity contribution >= 4 is 17.5 Å². The molecule has 2 atom stereocenters. The molecule has 47 heavy (non-hydrogen) atoms. The molecule has 0 unspecified atom stereocenters. The molecule has 0 aromatic heterocycles. The summed E-state index contributed by atoms with van der Waals surface area (Å²) in [5.74, 6) is 3.95. The summed E-state index contributed by atoms with van der Waals surface area (Å²) < 4.78 is 44.7. The Balaban J connectivity index is 1.58. The summed E-state index contributed by atoms with van der Waals surface area (Å²) in [7, 11) is 0. The molecule has 8 heteroatoms. The zero-order chi connectivity index (χ0) is 33.1. The predicted molar refractivity (Wildman–Crippen MR) is 189 cm³/mol. The van der Waals surface area contributed by atoms with E-state index in [-0.39, 0.29) is 17.8 Å². The molecule has 3 aromatic rings. The van der Waals surface area contributed by atoms with E-state index in [9.17, 15) is 0 Å². The van der Waals surface area contributed by atoms with Crippen molar-refractivity contribution in [1.29, 1.82) is 0 Å². The number of thiocarbonyl (C=S) groups is 1. The summed E-state index contributed by atoms with van der Waals surface area (Å²) in [5, 5.41) is 0.0545. The van der Waals surface area contributed by atoms with Crippen molar-refractivity contribution in [2.75, 3.05) is 33.0 Å². The Hall–Kier alpha value is -3.65. The van der Waals surface area contributed by atoms with E-state index >= 15 is 0 Å². The molecule has 0 spiro atoms. The maximum Gasteiger partial charge on any atom is 0.358 e. The van der Waals surface area contributed by atoms with Gasteiger partial charge in [0.15, 0.2) is 28.6 Å². The Morgan fingerprint density at radius 3 is 1.96 bits per heavy atom. The average Bonchev–Trinajstić information content (AvgIpc) is 3.39. The van der Waals surface area contributed by atoms with Gasteiger partial charge in [-0.1, -0.05) is 77.6 Å². The molecule has 3 aromatic carbocycles. The molecule has 1 aliphatic carbocycles. The molecule has 0 fully saturated rings. The molecular formula is C39H50O7S. The third-order valence-corrected chi connectivity index (χ3v) is 8.82. The van der Waals surface area contributed by atoms with Gasteiger partial charge >= 0.3 is 5.24 Å². The molecule has 0 bridgehead atoms. The molecule has 0 N–H and O–H groups in total. The Kier molecular flexibility index (Phi) is 12.5. The van der Waals surface area contributed by atoms with Crippen molar-refractivity contribution < 1.29 is 33.2 Å². The van der Waals surface area contributed by atoms with E-state index in [1.54, 1.807) is 0 Å². The predicted octanol–water partition coefficient (Wildman–Crippen LogP) is 9.60. The molecule has 0 saturated heterocycles. The Labute approximate surface area is 285 Å². The zero-order valence-electron chi connectivity index (χ0n) is 28.4. The van der Waals surface area contributed by atoms with Gasteiger partial charge in [-0.15, -0.1) is 0 Å². The molecule has 5 rings (SSSR count). The minimum absolute atomic E-state index is 0.0545. The summed E-state index contributed by atoms with van der Waals surface area (Å²) >= 11 is 5.72. The zero-order valence-corrected chi connectivity index (χ0v) is 29.3. The third-order valence-electron chi connectivity index (χ3n) is 8.65. The van der Waals surface area contributed by atoms with E-state index in [0.29, 0.717) is 55.8 Å². The Morgan fingerprint density at radius 2 is 1.32 bits per heavy atom. The Bertz CT molecular complexity index is 1460. The van der Waals surface area contributed by atoms with Crippen molar-refractivity contribution in [2.45, 2.75) is 97.0 Å². The summed E-state index contributed by atoms with van der Waals surface area (Å²) in [6, 6.07) is 17.8. The lowest BCUT2D eigenvalue weighted by Crippen LogP contribution is -2.48. The summed E-state index contributed by atoms with van der Waals surface area (Å²) in [6.07, 6.45) is 8.55. The van der Waals surface area contributed by atoms with Crippen LogP contribution in [0.2, 0.25) is 0 Å². The molecule has 1 aliphatic heterocycles. The van der Waals surface area contributed by atoms with Gasteiger partial charge in [-0.2, -0.15) is 0 Å². The third kappa shape index (κ3) is 8.26. The molecule has 2 aliphatic rings. The first-order chi connectivity index (χ1) is 23.0. The smallest absolute Gasteiger partial charge is 0.358 e. The van der Waals surface area contributed by atoms with Crippen LogP contribution in [0.3, 0.4) is 0 Å². The number of ether oxygens (including phenoxy) is 7. The maximum atomic E-state index is 6.70. The van der Waals surface area contributed by atoms with Crippen LogP contribution in [-0.4, -0.2) is 43.9 Å². The summed E-state index contributed by atoms with van der Waals surface area (Å²) in [4.78, 5) is 0. The van der Waals surface area contributed by atoms with Gasteiger partial charge in [-0.05, 0) is 67.1 Å². The topological polar surface area (TPSA) is 64.6 Å². The van der Waals surface area contributed by atoms with E-state index in [0.717, 1.165) is 79.6 Å². The second-order valence-electron chi connectivity index (χ2n) is 12.3. The van der Waals surface area contributed by atoms with Crippen molar-refractivity contribution in [2.24, 2.45) is 0 Å². The molecule has 254 valence electrons. The van der Waals surface area contributed by atoms with Crippen molar-refractivity contribution in [3.63, 3.8) is 0 Å². The standard InChI is InChI=1S/C39H50O7S/c1-5-9-20-40-32-19-18-30-35-31-25-34(42-22-11-7-3)33(41-21-10-6-2)24-28(31)26-39(35,27-44-36(30)37(32)43-23-12-8-4)46-38(47)45-29-16-14-13-15-17-29/h13-19,24-25,35H,5-12,20-23,26-27H2,1-4H3/t35-,39+/m0/s1. The minimum Gasteiger partial charge on any atom is -0.490 e. The van der Waals surface area contributed by atoms with E-state index in [1.807, 2.05) is 36.4 Å². The first-order valence-electron chi connectivity index (χ1n) is 17.5. The Morgan fingerprint density at radius 1 is 0.723 bits per heavy atom. The number of benzene rings is 3. The lowest BCUT2D eigenvalue weighted by atomic mass is 9.80. The highest BCUT2D eigenvalue weighted by molar-refractivity contribution is 7.79. The summed E-state index contributed by atoms with van der Waals surface area (Å²) in [6.45, 7) is 11.3. The molecule has 0 saturated carbocycles. The molecule has 1 heterocycles. The fourth-order valence-corrected chi connectivity index (χ4v) is 6.40. The normalized spacial score (nSPS) is 17.5. The van der Waals surface area contributed by atoms with Gasteiger partial charge in [0.2, 0.25) is 5.75 Å². The molecule has 7 nitrogen and oxygen atoms in total. The van der Waals surface area contributed by atoms with Gasteiger partial charge < -0.3 is 33.2 Å². The number of para-hydroxylation sites is 1. The van der Waals surface area contributed by atoms with Crippen LogP contribution in [-0.2, 0) is 11.2 Å². The van der Waals surface area contributed by atoms with E-state index in [2.05, 4.69) is 45.9 Å². The van der Waals surface area contributed by atoms with Crippen LogP contribution >= 0.6 is 12.2 Å². The van der Waals surface area contributed by atoms with Crippen LogP contribution in [0.15, 0.2) is 54.6 Å². The van der Waals surface area contributed by atoms with Crippen LogP contribution < -0.4 is 28.4 Å². The molecule has 0 radical (unpaired) electrons. The quantitative estimate of drug-likeness (QED) is 0.0986. The van der Waals surface area contributed by atoms with Crippen molar-refractivity contribution in [1.82, 2.24) is 0 Å². The monoisotopic (exact) mass is 662 g/mol. The fourth-order valence-electron chi connectivity index (χ4n) is 6.13. The van der Waals surface area contributed by atoms with Gasteiger partial charge in [-0.3, -0.25) is 0 Å². The lowest BCUT2D eigenvalue weighted by Gasteiger charge is -2.40. The number of fused-ring (bicyclic) bond motifs is 5. The van der Waals surface area contributed by atoms with Crippen LogP contribution in [0.25, 0.3) is 0 Å². The van der Waals surface area contributed by atoms with Gasteiger partial charge in [0.25, 0.3) is 0 Å². The van der Waals surface area contributed by atoms with E-state index < -0.39 is 5.60 Å². The van der Waals surface area contributed by atoms with Gasteiger partial charge in [-0.25, -0.2) is 0 Å². The van der Waals surface area contributed by atoms with Crippen LogP contribution in [0.4, 0.5) is 0 Å². The number of hydrogen-bond donors (Lipinski definition) is 0. The minimum atomic E-state index is -0.852. The maximum absolute atomic E-state index is 6.70. The number of hydrogen-bond acceptors (Lipinski definition) is 8. The fraction of sp³-hybridized carbons (Fsp3) is 0.513. The van der Waals surface area contributed by atoms with Gasteiger partial charge in [0, 0.05) is 24.2 Å². The van der Waals surface area contributed by atoms with Gasteiger partial charge in [0.05, 0.1) is 32.3 Å². The number of unbranched alkanes of at least 4 members (excludes halogenated alkanes) is 4. The van der Waals surface area contributed by atoms with Gasteiger partial charge in [0.1, 0.15) is 12.4 Å². The van der Waals surface area contributed by atoms with E-state index in [1.165, 1.54) is 0 Å². The largest absolute Gasteiger partial charge is 0.490 e. The van der Waals surface area contributed by atoms with Crippen LogP contribution in [0, 0.1) is 0 Å². The molecule has 0 amide bonds. The second-order valence-corrected chi connectivity index (χ2v) is 12.7. The van der Waals surface area contributed by atoms with Crippen LogP contribution in [0.5, 0.6) is 34.5 Å². The summed E-state index contributed by atoms with van der Waals surface area (Å²) in [5.41, 5.74) is 2.33. The van der Waals surface area contributed by atoms with Crippen molar-refractivity contribution in [3.8, 4) is 34.5 Å². The van der Waals surface area contributed by atoms with Crippen LogP contribution in [0.1, 0.15) is 102 Å². The first-order valence-corrected chi connectivity index (χ1v) is 17.9. The number of rotatable bonds is 18. The average molecular weight is 663 g/mol. The second kappa shape index (κ2) is 17.0. The highest BCUT2D eigenvalue weighted by Gasteiger charge is 2.55. The van der Waals surface area contributed by atoms with E-state index in [4.69, 9.17) is 45.4 Å². The first kappa shape index (κ1) is 34.7. The highest BCUT2D eigenvalue weighted by atomic mass is 32.1. The lowest BCUT2D eigenvalue weighted by molar-refractivity contribution is -0.0219. The SMILES string of the molecule is CCCCOc1cc2c(cc1OCCCC)[C@@H]1c3ccc(OCCCC)c(OCCCC)c3OC[C@]1(OC(=S)Oc1ccccc1)C2. The molecular weight excluding hydrogens is 612 g/mol.